The van der Waals surface area contributed by atoms with E-state index < -0.39 is 6.04 Å². The highest BCUT2D eigenvalue weighted by Crippen LogP contribution is 2.31. The molecule has 5 aromatic rings. The first-order chi connectivity index (χ1) is 18.1. The number of amides is 1. The molecular formula is C29H25ClN4O2S. The van der Waals surface area contributed by atoms with Gasteiger partial charge in [-0.15, -0.1) is 10.2 Å². The van der Waals surface area contributed by atoms with Crippen LogP contribution in [0.25, 0.3) is 5.69 Å². The van der Waals surface area contributed by atoms with Gasteiger partial charge in [0.05, 0.1) is 18.0 Å². The number of carbonyl (C=O) groups excluding carboxylic acids is 1. The maximum absolute atomic E-state index is 13.1. The van der Waals surface area contributed by atoms with Crippen LogP contribution in [0.15, 0.2) is 107 Å². The van der Waals surface area contributed by atoms with Gasteiger partial charge in [-0.1, -0.05) is 90.1 Å². The maximum atomic E-state index is 13.1. The summed E-state index contributed by atoms with van der Waals surface area (Å²) in [6, 6.07) is 28.8. The molecule has 0 aliphatic carbocycles. The number of aromatic nitrogens is 3. The fourth-order valence-electron chi connectivity index (χ4n) is 4.07. The quantitative estimate of drug-likeness (QED) is 0.212. The number of halogens is 1. The average Bonchev–Trinajstić information content (AvgIpc) is 3.60. The Balaban J connectivity index is 1.57. The van der Waals surface area contributed by atoms with Gasteiger partial charge in [-0.3, -0.25) is 9.36 Å². The van der Waals surface area contributed by atoms with Crippen molar-refractivity contribution in [3.8, 4) is 5.69 Å². The number of benzene rings is 3. The lowest BCUT2D eigenvalue weighted by Gasteiger charge is -2.21. The highest BCUT2D eigenvalue weighted by Gasteiger charge is 2.26. The Kier molecular flexibility index (Phi) is 7.73. The van der Waals surface area contributed by atoms with E-state index in [1.807, 2.05) is 78.2 Å². The third kappa shape index (κ3) is 5.96. The first kappa shape index (κ1) is 24.9. The molecule has 1 atom stereocenters. The molecule has 0 saturated heterocycles. The zero-order chi connectivity index (χ0) is 25.6. The highest BCUT2D eigenvalue weighted by molar-refractivity contribution is 7.98. The topological polar surface area (TPSA) is 73.0 Å². The van der Waals surface area contributed by atoms with Gasteiger partial charge < -0.3 is 9.73 Å². The first-order valence-electron chi connectivity index (χ1n) is 11.9. The third-order valence-electron chi connectivity index (χ3n) is 5.93. The maximum Gasteiger partial charge on any atom is 0.287 e. The van der Waals surface area contributed by atoms with Crippen molar-refractivity contribution < 1.29 is 9.21 Å². The van der Waals surface area contributed by atoms with Crippen molar-refractivity contribution in [2.75, 3.05) is 0 Å². The summed E-state index contributed by atoms with van der Waals surface area (Å²) in [5.74, 6) is 1.26. The predicted molar refractivity (Wildman–Crippen MR) is 146 cm³/mol. The number of nitrogens with one attached hydrogen (secondary N) is 1. The number of hydrogen-bond donors (Lipinski definition) is 1. The van der Waals surface area contributed by atoms with Crippen molar-refractivity contribution in [2.45, 2.75) is 30.3 Å². The smallest absolute Gasteiger partial charge is 0.287 e. The van der Waals surface area contributed by atoms with Crippen LogP contribution in [0.2, 0.25) is 5.02 Å². The van der Waals surface area contributed by atoms with E-state index in [9.17, 15) is 4.79 Å². The summed E-state index contributed by atoms with van der Waals surface area (Å²) in [5, 5.41) is 13.6. The fourth-order valence-corrected chi connectivity index (χ4v) is 5.14. The van der Waals surface area contributed by atoms with Gasteiger partial charge in [0.15, 0.2) is 16.7 Å². The van der Waals surface area contributed by atoms with E-state index in [1.54, 1.807) is 23.9 Å². The molecule has 2 aromatic heterocycles. The van der Waals surface area contributed by atoms with E-state index in [-0.39, 0.29) is 11.7 Å². The van der Waals surface area contributed by atoms with E-state index in [0.717, 1.165) is 27.7 Å². The zero-order valence-electron chi connectivity index (χ0n) is 20.2. The zero-order valence-corrected chi connectivity index (χ0v) is 21.7. The minimum atomic E-state index is -0.475. The Morgan fingerprint density at radius 2 is 1.70 bits per heavy atom. The van der Waals surface area contributed by atoms with Gasteiger partial charge in [0.25, 0.3) is 5.91 Å². The number of nitrogens with zero attached hydrogens (tertiary/aromatic N) is 3. The molecule has 0 fully saturated rings. The second kappa shape index (κ2) is 11.5. The van der Waals surface area contributed by atoms with Crippen LogP contribution >= 0.6 is 23.4 Å². The average molecular weight is 529 g/mol. The molecule has 2 heterocycles. The van der Waals surface area contributed by atoms with Gasteiger partial charge in [0, 0.05) is 10.8 Å². The van der Waals surface area contributed by atoms with Gasteiger partial charge in [-0.2, -0.15) is 0 Å². The highest BCUT2D eigenvalue weighted by atomic mass is 35.5. The van der Waals surface area contributed by atoms with Crippen molar-refractivity contribution in [2.24, 2.45) is 0 Å². The van der Waals surface area contributed by atoms with Crippen molar-refractivity contribution in [1.29, 1.82) is 0 Å². The molecule has 0 aliphatic heterocycles. The molecule has 1 amide bonds. The van der Waals surface area contributed by atoms with Crippen LogP contribution in [0.4, 0.5) is 0 Å². The predicted octanol–water partition coefficient (Wildman–Crippen LogP) is 6.83. The SMILES string of the molecule is Cc1ccc(Cl)cc1-n1c(SCc2ccccc2)nnc1C(Cc1ccccc1)NC(=O)c1ccco1. The van der Waals surface area contributed by atoms with E-state index in [4.69, 9.17) is 16.0 Å². The van der Waals surface area contributed by atoms with Gasteiger partial charge in [-0.05, 0) is 54.3 Å². The van der Waals surface area contributed by atoms with Gasteiger partial charge >= 0.3 is 0 Å². The van der Waals surface area contributed by atoms with Crippen LogP contribution in [-0.4, -0.2) is 20.7 Å². The summed E-state index contributed by atoms with van der Waals surface area (Å²) in [6.07, 6.45) is 2.01. The number of thioether (sulfide) groups is 1. The Labute approximate surface area is 224 Å². The van der Waals surface area contributed by atoms with E-state index >= 15 is 0 Å². The lowest BCUT2D eigenvalue weighted by Crippen LogP contribution is -2.32. The Bertz CT molecular complexity index is 1470. The van der Waals surface area contributed by atoms with Crippen LogP contribution in [0, 0.1) is 6.92 Å². The second-order valence-corrected chi connectivity index (χ2v) is 9.95. The Morgan fingerprint density at radius 1 is 0.973 bits per heavy atom. The molecule has 1 N–H and O–H groups in total. The molecule has 0 bridgehead atoms. The molecule has 8 heteroatoms. The molecule has 1 unspecified atom stereocenters. The minimum absolute atomic E-state index is 0.238. The molecule has 186 valence electrons. The largest absolute Gasteiger partial charge is 0.459 e. The Hall–Kier alpha value is -3.81. The Morgan fingerprint density at radius 3 is 2.41 bits per heavy atom. The molecular weight excluding hydrogens is 504 g/mol. The monoisotopic (exact) mass is 528 g/mol. The van der Waals surface area contributed by atoms with E-state index in [2.05, 4.69) is 27.6 Å². The standard InChI is InChI=1S/C29H25ClN4O2S/c1-20-14-15-23(30)18-25(20)34-27(32-33-29(34)37-19-22-11-6-3-7-12-22)24(17-21-9-4-2-5-10-21)31-28(35)26-13-8-16-36-26/h2-16,18,24H,17,19H2,1H3,(H,31,35). The number of carbonyl (C=O) groups is 1. The number of hydrogen-bond acceptors (Lipinski definition) is 5. The summed E-state index contributed by atoms with van der Waals surface area (Å²) >= 11 is 8.02. The van der Waals surface area contributed by atoms with E-state index in [1.165, 1.54) is 11.8 Å². The lowest BCUT2D eigenvalue weighted by atomic mass is 10.0. The molecule has 3 aromatic carbocycles. The molecule has 37 heavy (non-hydrogen) atoms. The normalized spacial score (nSPS) is 11.8. The summed E-state index contributed by atoms with van der Waals surface area (Å²) in [7, 11) is 0. The van der Waals surface area contributed by atoms with Crippen molar-refractivity contribution >= 4 is 29.3 Å². The summed E-state index contributed by atoms with van der Waals surface area (Å²) in [5.41, 5.74) is 4.12. The van der Waals surface area contributed by atoms with Gasteiger partial charge in [0.2, 0.25) is 0 Å². The second-order valence-electron chi connectivity index (χ2n) is 8.57. The summed E-state index contributed by atoms with van der Waals surface area (Å²) in [6.45, 7) is 2.02. The van der Waals surface area contributed by atoms with Crippen LogP contribution in [0.1, 0.15) is 39.1 Å². The van der Waals surface area contributed by atoms with Crippen molar-refractivity contribution in [1.82, 2.24) is 20.1 Å². The molecule has 0 radical (unpaired) electrons. The third-order valence-corrected chi connectivity index (χ3v) is 7.16. The molecule has 0 saturated carbocycles. The fraction of sp³-hybridized carbons (Fsp3) is 0.138. The minimum Gasteiger partial charge on any atom is -0.459 e. The van der Waals surface area contributed by atoms with Crippen LogP contribution < -0.4 is 5.32 Å². The number of aryl methyl sites for hydroxylation is 1. The van der Waals surface area contributed by atoms with Gasteiger partial charge in [0.1, 0.15) is 0 Å². The van der Waals surface area contributed by atoms with Crippen LogP contribution in [-0.2, 0) is 12.2 Å². The number of furan rings is 1. The molecule has 0 aliphatic rings. The van der Waals surface area contributed by atoms with Gasteiger partial charge in [-0.25, -0.2) is 0 Å². The van der Waals surface area contributed by atoms with Crippen LogP contribution in [0.5, 0.6) is 0 Å². The summed E-state index contributed by atoms with van der Waals surface area (Å²) in [4.78, 5) is 13.1. The van der Waals surface area contributed by atoms with E-state index in [0.29, 0.717) is 17.3 Å². The van der Waals surface area contributed by atoms with Crippen LogP contribution in [0.3, 0.4) is 0 Å². The molecule has 0 spiro atoms. The first-order valence-corrected chi connectivity index (χ1v) is 13.2. The lowest BCUT2D eigenvalue weighted by molar-refractivity contribution is 0.0906. The number of rotatable bonds is 9. The summed E-state index contributed by atoms with van der Waals surface area (Å²) < 4.78 is 7.35. The molecule has 5 rings (SSSR count). The van der Waals surface area contributed by atoms with Crippen molar-refractivity contribution in [3.63, 3.8) is 0 Å². The van der Waals surface area contributed by atoms with Crippen molar-refractivity contribution in [3.05, 3.63) is 131 Å². The molecule has 6 nitrogen and oxygen atoms in total.